The van der Waals surface area contributed by atoms with Gasteiger partial charge in [-0.05, 0) is 25.0 Å². The minimum Gasteiger partial charge on any atom is -0.459 e. The van der Waals surface area contributed by atoms with E-state index in [2.05, 4.69) is 10.3 Å². The van der Waals surface area contributed by atoms with Gasteiger partial charge in [-0.3, -0.25) is 9.36 Å². The second-order valence-corrected chi connectivity index (χ2v) is 9.88. The molecule has 2 aromatic rings. The fourth-order valence-electron chi connectivity index (χ4n) is 3.35. The highest BCUT2D eigenvalue weighted by Crippen LogP contribution is 2.29. The molecule has 1 aliphatic heterocycles. The van der Waals surface area contributed by atoms with Gasteiger partial charge in [0.2, 0.25) is 0 Å². The number of nitrogens with one attached hydrogen (secondary N) is 1. The first-order valence-electron chi connectivity index (χ1n) is 10.3. The van der Waals surface area contributed by atoms with Gasteiger partial charge in [0, 0.05) is 24.7 Å². The number of nitrogen functional groups attached to an aromatic ring is 1. The molecule has 0 spiro atoms. The summed E-state index contributed by atoms with van der Waals surface area (Å²) in [5, 5.41) is 12.8. The van der Waals surface area contributed by atoms with Crippen LogP contribution in [-0.4, -0.2) is 55.7 Å². The fraction of sp³-hybridized carbons (Fsp3) is 0.429. The van der Waals surface area contributed by atoms with Crippen molar-refractivity contribution in [2.75, 3.05) is 18.9 Å². The molecule has 0 aliphatic carbocycles. The van der Waals surface area contributed by atoms with Crippen molar-refractivity contribution in [1.82, 2.24) is 14.9 Å². The summed E-state index contributed by atoms with van der Waals surface area (Å²) in [7, 11) is 0. The van der Waals surface area contributed by atoms with Crippen molar-refractivity contribution in [2.45, 2.75) is 41.5 Å². The van der Waals surface area contributed by atoms with Crippen LogP contribution in [0, 0.1) is 0 Å². The molecule has 13 heteroatoms. The van der Waals surface area contributed by atoms with Crippen LogP contribution in [0.2, 0.25) is 0 Å². The molecule has 0 saturated carbocycles. The lowest BCUT2D eigenvalue weighted by Crippen LogP contribution is -2.35. The maximum absolute atomic E-state index is 12.4. The molecular weight excluding hydrogens is 511 g/mol. The number of amides is 1. The van der Waals surface area contributed by atoms with E-state index in [4.69, 9.17) is 50.0 Å². The smallest absolute Gasteiger partial charge is 0.351 e. The van der Waals surface area contributed by atoms with Crippen LogP contribution in [0.15, 0.2) is 41.3 Å². The summed E-state index contributed by atoms with van der Waals surface area (Å²) in [6.07, 6.45) is -0.204. The number of nitrogens with two attached hydrogens (primary N) is 1. The van der Waals surface area contributed by atoms with Crippen LogP contribution in [0.3, 0.4) is 0 Å². The number of halogens is 3. The zero-order chi connectivity index (χ0) is 24.9. The number of hydrogen-bond donors (Lipinski definition) is 3. The molecule has 184 valence electrons. The van der Waals surface area contributed by atoms with Crippen LogP contribution < -0.4 is 16.7 Å². The van der Waals surface area contributed by atoms with Crippen molar-refractivity contribution in [2.24, 2.45) is 0 Å². The van der Waals surface area contributed by atoms with Gasteiger partial charge in [0.05, 0.1) is 11.7 Å². The van der Waals surface area contributed by atoms with Crippen molar-refractivity contribution in [3.63, 3.8) is 0 Å². The summed E-state index contributed by atoms with van der Waals surface area (Å²) in [5.74, 6) is -1.25. The van der Waals surface area contributed by atoms with E-state index >= 15 is 0 Å². The van der Waals surface area contributed by atoms with Crippen LogP contribution in [0.5, 0.6) is 0 Å². The number of alkyl halides is 3. The van der Waals surface area contributed by atoms with Gasteiger partial charge in [0.15, 0.2) is 0 Å². The predicted octanol–water partition coefficient (Wildman–Crippen LogP) is 1.75. The Hall–Kier alpha value is -2.37. The van der Waals surface area contributed by atoms with Crippen molar-refractivity contribution < 1.29 is 24.2 Å². The Morgan fingerprint density at radius 1 is 1.29 bits per heavy atom. The summed E-state index contributed by atoms with van der Waals surface area (Å²) in [6.45, 7) is 0.0249. The number of esters is 1. The fourth-order valence-corrected chi connectivity index (χ4v) is 3.55. The second kappa shape index (κ2) is 11.4. The van der Waals surface area contributed by atoms with Crippen LogP contribution >= 0.6 is 34.8 Å². The average Bonchev–Trinajstić information content (AvgIpc) is 3.16. The van der Waals surface area contributed by atoms with Gasteiger partial charge >= 0.3 is 11.7 Å². The molecule has 1 fully saturated rings. The second-order valence-electron chi connectivity index (χ2n) is 7.60. The van der Waals surface area contributed by atoms with E-state index in [-0.39, 0.29) is 25.4 Å². The Kier molecular flexibility index (Phi) is 8.78. The molecule has 3 rings (SSSR count). The summed E-state index contributed by atoms with van der Waals surface area (Å²) in [5.41, 5.74) is 6.14. The van der Waals surface area contributed by atoms with E-state index in [0.717, 1.165) is 0 Å². The van der Waals surface area contributed by atoms with Crippen molar-refractivity contribution >= 4 is 52.5 Å². The number of nitrogens with zero attached hydrogens (tertiary/aromatic N) is 2. The van der Waals surface area contributed by atoms with Gasteiger partial charge < -0.3 is 25.6 Å². The molecule has 0 unspecified atom stereocenters. The van der Waals surface area contributed by atoms with Crippen LogP contribution in [0.25, 0.3) is 0 Å². The number of ether oxygens (including phenoxy) is 2. The third-order valence-corrected chi connectivity index (χ3v) is 5.64. The molecule has 1 aromatic heterocycles. The number of carbonyl (C=O) groups excluding carboxylic acids is 2. The van der Waals surface area contributed by atoms with Gasteiger partial charge in [0.1, 0.15) is 24.8 Å². The number of anilines is 1. The van der Waals surface area contributed by atoms with Gasteiger partial charge in [-0.25, -0.2) is 9.59 Å². The summed E-state index contributed by atoms with van der Waals surface area (Å²) in [6, 6.07) is 8.42. The molecule has 34 heavy (non-hydrogen) atoms. The Labute approximate surface area is 209 Å². The monoisotopic (exact) mass is 532 g/mol. The lowest BCUT2D eigenvalue weighted by molar-refractivity contribution is -0.120. The lowest BCUT2D eigenvalue weighted by Gasteiger charge is -2.17. The first-order chi connectivity index (χ1) is 16.1. The molecular formula is C21H23Cl3N4O6. The topological polar surface area (TPSA) is 146 Å². The lowest BCUT2D eigenvalue weighted by atomic mass is 10.1. The Balaban J connectivity index is 1.59. The number of rotatable bonds is 8. The third-order valence-electron chi connectivity index (χ3n) is 5.13. The molecule has 1 aromatic carbocycles. The van der Waals surface area contributed by atoms with Crippen molar-refractivity contribution in [3.05, 3.63) is 58.1 Å². The molecule has 3 atom stereocenters. The zero-order valence-corrected chi connectivity index (χ0v) is 20.1. The molecule has 4 N–H and O–H groups in total. The third kappa shape index (κ3) is 6.83. The van der Waals surface area contributed by atoms with Crippen LogP contribution in [-0.2, 0) is 20.7 Å². The molecule has 0 radical (unpaired) electrons. The van der Waals surface area contributed by atoms with E-state index in [1.807, 2.05) is 0 Å². The maximum Gasteiger partial charge on any atom is 0.351 e. The van der Waals surface area contributed by atoms with Gasteiger partial charge in [-0.15, -0.1) is 0 Å². The summed E-state index contributed by atoms with van der Waals surface area (Å²) in [4.78, 5) is 39.9. The van der Waals surface area contributed by atoms with E-state index < -0.39 is 39.8 Å². The number of aryl methyl sites for hydroxylation is 1. The molecule has 0 bridgehead atoms. The predicted molar refractivity (Wildman–Crippen MR) is 126 cm³/mol. The number of aliphatic hydroxyl groups excluding tert-OH is 1. The number of carbonyl (C=O) groups is 2. The SMILES string of the molecule is Nc1nc(=O)n([C@H]2C[C@H](O)[C@@H](COC(=O)c3ccccc3)O2)cc1CCCNC(=O)C(Cl)(Cl)Cl. The zero-order valence-electron chi connectivity index (χ0n) is 17.8. The highest BCUT2D eigenvalue weighted by Gasteiger charge is 2.36. The summed E-state index contributed by atoms with van der Waals surface area (Å²) < 4.78 is 10.2. The summed E-state index contributed by atoms with van der Waals surface area (Å²) >= 11 is 16.5. The minimum atomic E-state index is -2.06. The Morgan fingerprint density at radius 3 is 2.68 bits per heavy atom. The maximum atomic E-state index is 12.4. The number of aliphatic hydroxyl groups is 1. The van der Waals surface area contributed by atoms with E-state index in [0.29, 0.717) is 24.0 Å². The van der Waals surface area contributed by atoms with E-state index in [9.17, 15) is 19.5 Å². The van der Waals surface area contributed by atoms with Gasteiger partial charge in [-0.1, -0.05) is 53.0 Å². The minimum absolute atomic E-state index is 0.0424. The standard InChI is InChI=1S/C21H23Cl3N4O6/c22-21(23,24)19(31)26-8-4-7-13-10-28(20(32)27-17(13)25)16-9-14(29)15(34-16)11-33-18(30)12-5-2-1-3-6-12/h1-3,5-6,10,14-16,29H,4,7-9,11H2,(H,26,31)(H2,25,27,32)/t14-,15+,16+/m0/s1. The average molecular weight is 534 g/mol. The van der Waals surface area contributed by atoms with E-state index in [1.54, 1.807) is 30.3 Å². The number of aromatic nitrogens is 2. The van der Waals surface area contributed by atoms with Crippen LogP contribution in [0.1, 0.15) is 35.0 Å². The molecule has 10 nitrogen and oxygen atoms in total. The van der Waals surface area contributed by atoms with E-state index in [1.165, 1.54) is 10.8 Å². The highest BCUT2D eigenvalue weighted by atomic mass is 35.6. The largest absolute Gasteiger partial charge is 0.459 e. The molecule has 1 amide bonds. The van der Waals surface area contributed by atoms with Gasteiger partial charge in [-0.2, -0.15) is 4.98 Å². The molecule has 1 saturated heterocycles. The highest BCUT2D eigenvalue weighted by molar-refractivity contribution is 6.76. The number of hydrogen-bond acceptors (Lipinski definition) is 8. The first kappa shape index (κ1) is 26.2. The van der Waals surface area contributed by atoms with Crippen LogP contribution in [0.4, 0.5) is 5.82 Å². The quantitative estimate of drug-likeness (QED) is 0.264. The normalized spacial score (nSPS) is 20.2. The number of benzene rings is 1. The van der Waals surface area contributed by atoms with Crippen molar-refractivity contribution in [3.8, 4) is 0 Å². The Bertz CT molecular complexity index is 1080. The van der Waals surface area contributed by atoms with Crippen molar-refractivity contribution in [1.29, 1.82) is 0 Å². The first-order valence-corrected chi connectivity index (χ1v) is 11.5. The Morgan fingerprint density at radius 2 is 2.00 bits per heavy atom. The van der Waals surface area contributed by atoms with Gasteiger partial charge in [0.25, 0.3) is 9.70 Å². The molecule has 2 heterocycles. The molecule has 1 aliphatic rings.